The van der Waals surface area contributed by atoms with Crippen LogP contribution in [-0.4, -0.2) is 41.8 Å². The smallest absolute Gasteiger partial charge is 0.410 e. The zero-order chi connectivity index (χ0) is 22.6. The second-order valence-corrected chi connectivity index (χ2v) is 10.1. The molecule has 1 saturated carbocycles. The molecule has 1 aliphatic heterocycles. The number of benzene rings is 2. The van der Waals surface area contributed by atoms with E-state index in [1.54, 1.807) is 4.90 Å². The van der Waals surface area contributed by atoms with Crippen molar-refractivity contribution in [2.45, 2.75) is 76.5 Å². The van der Waals surface area contributed by atoms with E-state index in [1.165, 1.54) is 18.4 Å². The summed E-state index contributed by atoms with van der Waals surface area (Å²) >= 11 is 0. The van der Waals surface area contributed by atoms with Crippen LogP contribution < -0.4 is 10.1 Å². The molecule has 1 atom stereocenters. The van der Waals surface area contributed by atoms with Crippen molar-refractivity contribution in [2.75, 3.05) is 18.4 Å². The van der Waals surface area contributed by atoms with E-state index in [1.807, 2.05) is 39.0 Å². The topological polar surface area (TPSA) is 50.8 Å². The van der Waals surface area contributed by atoms with Crippen LogP contribution in [0, 0.1) is 0 Å². The molecule has 32 heavy (non-hydrogen) atoms. The molecule has 1 aliphatic carbocycles. The summed E-state index contributed by atoms with van der Waals surface area (Å²) in [5.74, 6) is 1.53. The zero-order valence-electron chi connectivity index (χ0n) is 19.5. The van der Waals surface area contributed by atoms with E-state index in [0.717, 1.165) is 30.7 Å². The minimum absolute atomic E-state index is 0.0146. The van der Waals surface area contributed by atoms with Crippen LogP contribution in [-0.2, 0) is 4.74 Å². The SMILES string of the molecule is CC(C)(C)OC(=O)N1CC[C@H](Oc2ccccc2N[C@H]2CC[C@H](c3ccccc3)CC2)C1. The van der Waals surface area contributed by atoms with Crippen LogP contribution in [0.4, 0.5) is 10.5 Å². The molecule has 1 saturated heterocycles. The van der Waals surface area contributed by atoms with Crippen molar-refractivity contribution in [3.8, 4) is 5.75 Å². The summed E-state index contributed by atoms with van der Waals surface area (Å²) in [7, 11) is 0. The van der Waals surface area contributed by atoms with Crippen molar-refractivity contribution >= 4 is 11.8 Å². The molecule has 1 heterocycles. The number of likely N-dealkylation sites (tertiary alicyclic amines) is 1. The van der Waals surface area contributed by atoms with Crippen LogP contribution in [0.15, 0.2) is 54.6 Å². The summed E-state index contributed by atoms with van der Waals surface area (Å²) in [6.07, 6.45) is 5.27. The van der Waals surface area contributed by atoms with Gasteiger partial charge in [0.15, 0.2) is 0 Å². The Bertz CT molecular complexity index is 885. The third-order valence-electron chi connectivity index (χ3n) is 6.34. The molecule has 5 heteroatoms. The number of hydrogen-bond acceptors (Lipinski definition) is 4. The fraction of sp³-hybridized carbons (Fsp3) is 0.519. The van der Waals surface area contributed by atoms with Crippen LogP contribution in [0.3, 0.4) is 0 Å². The highest BCUT2D eigenvalue weighted by Gasteiger charge is 2.31. The van der Waals surface area contributed by atoms with Gasteiger partial charge >= 0.3 is 6.09 Å². The Balaban J connectivity index is 1.31. The van der Waals surface area contributed by atoms with E-state index in [-0.39, 0.29) is 12.2 Å². The highest BCUT2D eigenvalue weighted by Crippen LogP contribution is 2.35. The lowest BCUT2D eigenvalue weighted by atomic mass is 9.82. The van der Waals surface area contributed by atoms with Crippen molar-refractivity contribution in [1.82, 2.24) is 4.90 Å². The number of rotatable bonds is 5. The minimum Gasteiger partial charge on any atom is -0.486 e. The first-order chi connectivity index (χ1) is 15.4. The minimum atomic E-state index is -0.480. The highest BCUT2D eigenvalue weighted by molar-refractivity contribution is 5.68. The fourth-order valence-corrected chi connectivity index (χ4v) is 4.70. The largest absolute Gasteiger partial charge is 0.486 e. The molecule has 0 unspecified atom stereocenters. The van der Waals surface area contributed by atoms with E-state index >= 15 is 0 Å². The summed E-state index contributed by atoms with van der Waals surface area (Å²) in [6, 6.07) is 19.5. The molecule has 0 bridgehead atoms. The van der Waals surface area contributed by atoms with Gasteiger partial charge in [-0.2, -0.15) is 0 Å². The summed E-state index contributed by atoms with van der Waals surface area (Å²) in [4.78, 5) is 14.1. The molecule has 0 spiro atoms. The number of carbonyl (C=O) groups excluding carboxylic acids is 1. The van der Waals surface area contributed by atoms with Crippen LogP contribution in [0.5, 0.6) is 5.75 Å². The van der Waals surface area contributed by atoms with E-state index in [9.17, 15) is 4.79 Å². The molecule has 0 radical (unpaired) electrons. The number of nitrogens with one attached hydrogen (secondary N) is 1. The standard InChI is InChI=1S/C27H36N2O3/c1-27(2,3)32-26(30)29-18-17-23(19-29)31-25-12-8-7-11-24(25)28-22-15-13-21(14-16-22)20-9-5-4-6-10-20/h4-12,21-23,28H,13-19H2,1-3H3/t21-,22-,23-/m0/s1. The average molecular weight is 437 g/mol. The lowest BCUT2D eigenvalue weighted by Gasteiger charge is -2.30. The Morgan fingerprint density at radius 3 is 2.34 bits per heavy atom. The average Bonchev–Trinajstić information content (AvgIpc) is 3.24. The first-order valence-electron chi connectivity index (χ1n) is 11.9. The molecule has 4 rings (SSSR count). The van der Waals surface area contributed by atoms with Crippen molar-refractivity contribution in [3.05, 3.63) is 60.2 Å². The number of hydrogen-bond donors (Lipinski definition) is 1. The number of carbonyl (C=O) groups is 1. The predicted molar refractivity (Wildman–Crippen MR) is 128 cm³/mol. The maximum atomic E-state index is 12.4. The Morgan fingerprint density at radius 2 is 1.62 bits per heavy atom. The zero-order valence-corrected chi connectivity index (χ0v) is 19.5. The van der Waals surface area contributed by atoms with Gasteiger partial charge in [-0.1, -0.05) is 42.5 Å². The number of ether oxygens (including phenoxy) is 2. The van der Waals surface area contributed by atoms with Gasteiger partial charge in [0.2, 0.25) is 0 Å². The molecule has 1 N–H and O–H groups in total. The monoisotopic (exact) mass is 436 g/mol. The molecule has 2 aromatic rings. The van der Waals surface area contributed by atoms with Gasteiger partial charge in [-0.3, -0.25) is 0 Å². The van der Waals surface area contributed by atoms with Crippen LogP contribution in [0.1, 0.15) is 64.4 Å². The van der Waals surface area contributed by atoms with Crippen LogP contribution >= 0.6 is 0 Å². The van der Waals surface area contributed by atoms with Crippen LogP contribution in [0.2, 0.25) is 0 Å². The van der Waals surface area contributed by atoms with Gasteiger partial charge in [0.25, 0.3) is 0 Å². The van der Waals surface area contributed by atoms with E-state index < -0.39 is 5.60 Å². The van der Waals surface area contributed by atoms with Gasteiger partial charge in [0.05, 0.1) is 12.2 Å². The van der Waals surface area contributed by atoms with Gasteiger partial charge in [-0.25, -0.2) is 4.79 Å². The van der Waals surface area contributed by atoms with Crippen molar-refractivity contribution in [2.24, 2.45) is 0 Å². The first-order valence-corrected chi connectivity index (χ1v) is 11.9. The summed E-state index contributed by atoms with van der Waals surface area (Å²) in [6.45, 7) is 6.91. The normalized spacial score (nSPS) is 23.6. The lowest BCUT2D eigenvalue weighted by Crippen LogP contribution is -2.36. The number of anilines is 1. The molecular formula is C27H36N2O3. The van der Waals surface area contributed by atoms with Crippen molar-refractivity contribution in [3.63, 3.8) is 0 Å². The first kappa shape index (κ1) is 22.5. The lowest BCUT2D eigenvalue weighted by molar-refractivity contribution is 0.0276. The van der Waals surface area contributed by atoms with Crippen LogP contribution in [0.25, 0.3) is 0 Å². The molecule has 1 amide bonds. The summed E-state index contributed by atoms with van der Waals surface area (Å²) < 4.78 is 11.8. The molecule has 0 aromatic heterocycles. The maximum Gasteiger partial charge on any atom is 0.410 e. The number of amides is 1. The third-order valence-corrected chi connectivity index (χ3v) is 6.34. The van der Waals surface area contributed by atoms with Crippen molar-refractivity contribution < 1.29 is 14.3 Å². The molecule has 5 nitrogen and oxygen atoms in total. The van der Waals surface area contributed by atoms with Gasteiger partial charge in [-0.15, -0.1) is 0 Å². The van der Waals surface area contributed by atoms with Gasteiger partial charge in [0.1, 0.15) is 17.5 Å². The molecule has 172 valence electrons. The maximum absolute atomic E-state index is 12.4. The Hall–Kier alpha value is -2.69. The second kappa shape index (κ2) is 9.85. The van der Waals surface area contributed by atoms with Gasteiger partial charge < -0.3 is 19.7 Å². The molecule has 2 aromatic carbocycles. The fourth-order valence-electron chi connectivity index (χ4n) is 4.70. The van der Waals surface area contributed by atoms with Crippen molar-refractivity contribution in [1.29, 1.82) is 0 Å². The summed E-state index contributed by atoms with van der Waals surface area (Å²) in [5, 5.41) is 3.73. The molecule has 2 fully saturated rings. The van der Waals surface area contributed by atoms with E-state index in [0.29, 0.717) is 25.0 Å². The Morgan fingerprint density at radius 1 is 0.938 bits per heavy atom. The predicted octanol–water partition coefficient (Wildman–Crippen LogP) is 6.21. The van der Waals surface area contributed by atoms with Gasteiger partial charge in [-0.05, 0) is 70.1 Å². The molecule has 2 aliphatic rings. The second-order valence-electron chi connectivity index (χ2n) is 10.1. The number of para-hydroxylation sites is 2. The molecular weight excluding hydrogens is 400 g/mol. The highest BCUT2D eigenvalue weighted by atomic mass is 16.6. The Labute approximate surface area is 192 Å². The van der Waals surface area contributed by atoms with Gasteiger partial charge in [0, 0.05) is 19.0 Å². The summed E-state index contributed by atoms with van der Waals surface area (Å²) in [5.41, 5.74) is 2.03. The third kappa shape index (κ3) is 5.96. The quantitative estimate of drug-likeness (QED) is 0.605. The van der Waals surface area contributed by atoms with E-state index in [2.05, 4.69) is 41.7 Å². The number of nitrogens with zero attached hydrogens (tertiary/aromatic N) is 1. The van der Waals surface area contributed by atoms with E-state index in [4.69, 9.17) is 9.47 Å². The Kier molecular flexibility index (Phi) is 6.92.